The molecule has 0 fully saturated rings. The third-order valence-corrected chi connectivity index (χ3v) is 3.12. The molecule has 23 heavy (non-hydrogen) atoms. The van der Waals surface area contributed by atoms with Crippen LogP contribution in [-0.2, 0) is 0 Å². The summed E-state index contributed by atoms with van der Waals surface area (Å²) in [6.07, 6.45) is 0. The van der Waals surface area contributed by atoms with Gasteiger partial charge in [-0.2, -0.15) is 0 Å². The highest BCUT2D eigenvalue weighted by Gasteiger charge is 2.06. The van der Waals surface area contributed by atoms with Gasteiger partial charge in [-0.15, -0.1) is 0 Å². The number of carbonyl (C=O) groups is 2. The zero-order valence-electron chi connectivity index (χ0n) is 12.4. The highest BCUT2D eigenvalue weighted by Crippen LogP contribution is 2.29. The second-order valence-corrected chi connectivity index (χ2v) is 4.70. The zero-order valence-corrected chi connectivity index (χ0v) is 12.4. The first kappa shape index (κ1) is 17.6. The fourth-order valence-electron chi connectivity index (χ4n) is 1.66. The van der Waals surface area contributed by atoms with Crippen molar-refractivity contribution in [2.75, 3.05) is 22.9 Å². The molecule has 0 atom stereocenters. The SMILES string of the molecule is Cc1c(N)c(N)cc(N)c1N.O=C(O)c1ccc(C(=O)O)cc1. The highest BCUT2D eigenvalue weighted by molar-refractivity contribution is 5.91. The molecular weight excluding hydrogens is 300 g/mol. The maximum Gasteiger partial charge on any atom is 0.335 e. The van der Waals surface area contributed by atoms with E-state index in [0.717, 1.165) is 5.56 Å². The first-order chi connectivity index (χ1) is 10.6. The van der Waals surface area contributed by atoms with Gasteiger partial charge in [0.25, 0.3) is 0 Å². The van der Waals surface area contributed by atoms with Gasteiger partial charge in [0, 0.05) is 0 Å². The van der Waals surface area contributed by atoms with Crippen molar-refractivity contribution < 1.29 is 19.8 Å². The molecule has 0 saturated carbocycles. The summed E-state index contributed by atoms with van der Waals surface area (Å²) in [4.78, 5) is 20.7. The third kappa shape index (κ3) is 4.27. The van der Waals surface area contributed by atoms with Crippen molar-refractivity contribution >= 4 is 34.7 Å². The summed E-state index contributed by atoms with van der Waals surface area (Å²) < 4.78 is 0. The van der Waals surface area contributed by atoms with Crippen LogP contribution in [0.2, 0.25) is 0 Å². The largest absolute Gasteiger partial charge is 0.478 e. The van der Waals surface area contributed by atoms with Crippen LogP contribution in [0, 0.1) is 6.92 Å². The summed E-state index contributed by atoms with van der Waals surface area (Å²) in [6, 6.07) is 6.59. The van der Waals surface area contributed by atoms with E-state index in [1.54, 1.807) is 13.0 Å². The maximum absolute atomic E-state index is 10.3. The van der Waals surface area contributed by atoms with Crippen LogP contribution in [0.5, 0.6) is 0 Å². The Balaban J connectivity index is 0.000000231. The minimum atomic E-state index is -1.06. The fraction of sp³-hybridized carbons (Fsp3) is 0.0667. The van der Waals surface area contributed by atoms with Gasteiger partial charge in [0.2, 0.25) is 0 Å². The number of hydrogen-bond donors (Lipinski definition) is 6. The van der Waals surface area contributed by atoms with E-state index in [0.29, 0.717) is 22.7 Å². The second kappa shape index (κ2) is 7.03. The topological polar surface area (TPSA) is 179 Å². The molecule has 0 unspecified atom stereocenters. The van der Waals surface area contributed by atoms with E-state index < -0.39 is 11.9 Å². The summed E-state index contributed by atoms with van der Waals surface area (Å²) in [7, 11) is 0. The van der Waals surface area contributed by atoms with Crippen molar-refractivity contribution in [1.29, 1.82) is 0 Å². The Bertz CT molecular complexity index is 683. The van der Waals surface area contributed by atoms with Crippen LogP contribution in [0.25, 0.3) is 0 Å². The van der Waals surface area contributed by atoms with Crippen LogP contribution in [0.4, 0.5) is 22.7 Å². The molecular formula is C15H18N4O4. The van der Waals surface area contributed by atoms with Crippen molar-refractivity contribution in [2.24, 2.45) is 0 Å². The molecule has 2 rings (SSSR count). The maximum atomic E-state index is 10.3. The van der Waals surface area contributed by atoms with Gasteiger partial charge >= 0.3 is 11.9 Å². The van der Waals surface area contributed by atoms with E-state index in [1.165, 1.54) is 24.3 Å². The molecule has 0 spiro atoms. The van der Waals surface area contributed by atoms with Gasteiger partial charge in [-0.1, -0.05) is 0 Å². The fourth-order valence-corrected chi connectivity index (χ4v) is 1.66. The molecule has 2 aromatic rings. The van der Waals surface area contributed by atoms with E-state index in [1.807, 2.05) is 0 Å². The van der Waals surface area contributed by atoms with E-state index in [4.69, 9.17) is 33.1 Å². The third-order valence-electron chi connectivity index (χ3n) is 3.12. The lowest BCUT2D eigenvalue weighted by molar-refractivity contribution is 0.0681. The Morgan fingerprint density at radius 2 is 1.09 bits per heavy atom. The molecule has 0 aliphatic carbocycles. The normalized spacial score (nSPS) is 9.61. The minimum absolute atomic E-state index is 0.0833. The van der Waals surface area contributed by atoms with Gasteiger partial charge in [-0.3, -0.25) is 0 Å². The molecule has 10 N–H and O–H groups in total. The number of nitrogen functional groups attached to an aromatic ring is 4. The predicted octanol–water partition coefficient (Wildman–Crippen LogP) is 1.41. The molecule has 0 bridgehead atoms. The Morgan fingerprint density at radius 1 is 0.783 bits per heavy atom. The van der Waals surface area contributed by atoms with Crippen LogP contribution < -0.4 is 22.9 Å². The minimum Gasteiger partial charge on any atom is -0.478 e. The lowest BCUT2D eigenvalue weighted by Crippen LogP contribution is -2.04. The quantitative estimate of drug-likeness (QED) is 0.449. The standard InChI is InChI=1S/C8H6O4.C7H12N4/c9-7(10)5-1-2-6(4-3-5)8(11)12;1-3-6(10)4(8)2-5(9)7(3)11/h1-4H,(H,9,10)(H,11,12);2H,8-11H2,1H3. The van der Waals surface area contributed by atoms with Crippen molar-refractivity contribution in [3.05, 3.63) is 47.0 Å². The first-order valence-corrected chi connectivity index (χ1v) is 6.41. The lowest BCUT2D eigenvalue weighted by atomic mass is 10.1. The van der Waals surface area contributed by atoms with Crippen LogP contribution in [0.15, 0.2) is 30.3 Å². The van der Waals surface area contributed by atoms with Crippen molar-refractivity contribution in [3.8, 4) is 0 Å². The van der Waals surface area contributed by atoms with Gasteiger partial charge in [0.1, 0.15) is 0 Å². The molecule has 8 nitrogen and oxygen atoms in total. The summed E-state index contributed by atoms with van der Waals surface area (Å²) in [5.41, 5.74) is 25.1. The molecule has 2 aromatic carbocycles. The Kier molecular flexibility index (Phi) is 5.39. The summed E-state index contributed by atoms with van der Waals surface area (Å²) in [6.45, 7) is 1.79. The Hall–Kier alpha value is -3.42. The van der Waals surface area contributed by atoms with Crippen LogP contribution >= 0.6 is 0 Å². The second-order valence-electron chi connectivity index (χ2n) is 4.70. The number of carboxylic acid groups (broad SMARTS) is 2. The van der Waals surface area contributed by atoms with Crippen LogP contribution in [-0.4, -0.2) is 22.2 Å². The molecule has 0 radical (unpaired) electrons. The predicted molar refractivity (Wildman–Crippen MR) is 89.2 cm³/mol. The van der Waals surface area contributed by atoms with E-state index in [2.05, 4.69) is 0 Å². The number of rotatable bonds is 2. The van der Waals surface area contributed by atoms with Gasteiger partial charge < -0.3 is 33.1 Å². The van der Waals surface area contributed by atoms with Crippen molar-refractivity contribution in [2.45, 2.75) is 6.92 Å². The zero-order chi connectivity index (χ0) is 17.7. The Morgan fingerprint density at radius 3 is 1.35 bits per heavy atom. The summed E-state index contributed by atoms with van der Waals surface area (Å²) >= 11 is 0. The highest BCUT2D eigenvalue weighted by atomic mass is 16.4. The van der Waals surface area contributed by atoms with Gasteiger partial charge in [0.15, 0.2) is 0 Å². The summed E-state index contributed by atoms with van der Waals surface area (Å²) in [5, 5.41) is 16.9. The number of carboxylic acids is 2. The lowest BCUT2D eigenvalue weighted by Gasteiger charge is -2.09. The number of aromatic carboxylic acids is 2. The average molecular weight is 318 g/mol. The van der Waals surface area contributed by atoms with Crippen molar-refractivity contribution in [1.82, 2.24) is 0 Å². The molecule has 122 valence electrons. The van der Waals surface area contributed by atoms with Gasteiger partial charge in [-0.25, -0.2) is 9.59 Å². The van der Waals surface area contributed by atoms with E-state index in [9.17, 15) is 9.59 Å². The van der Waals surface area contributed by atoms with Gasteiger partial charge in [-0.05, 0) is 42.8 Å². The average Bonchev–Trinajstić information content (AvgIpc) is 2.51. The van der Waals surface area contributed by atoms with E-state index in [-0.39, 0.29) is 11.1 Å². The molecule has 8 heteroatoms. The molecule has 0 saturated heterocycles. The van der Waals surface area contributed by atoms with Crippen LogP contribution in [0.1, 0.15) is 26.3 Å². The number of nitrogens with two attached hydrogens (primary N) is 4. The van der Waals surface area contributed by atoms with Crippen molar-refractivity contribution in [3.63, 3.8) is 0 Å². The van der Waals surface area contributed by atoms with Gasteiger partial charge in [0.05, 0.1) is 33.9 Å². The monoisotopic (exact) mass is 318 g/mol. The summed E-state index contributed by atoms with van der Waals surface area (Å²) in [5.74, 6) is -2.13. The molecule has 0 heterocycles. The number of hydrogen-bond acceptors (Lipinski definition) is 6. The number of anilines is 4. The molecule has 0 amide bonds. The Labute approximate surface area is 132 Å². The molecule has 0 aliphatic heterocycles. The van der Waals surface area contributed by atoms with E-state index >= 15 is 0 Å². The number of benzene rings is 2. The van der Waals surface area contributed by atoms with Crippen LogP contribution in [0.3, 0.4) is 0 Å². The smallest absolute Gasteiger partial charge is 0.335 e. The first-order valence-electron chi connectivity index (χ1n) is 6.41. The molecule has 0 aromatic heterocycles. The molecule has 0 aliphatic rings.